The summed E-state index contributed by atoms with van der Waals surface area (Å²) in [5.74, 6) is 0.133. The van der Waals surface area contributed by atoms with Gasteiger partial charge in [0.15, 0.2) is 0 Å². The Kier molecular flexibility index (Phi) is 4.34. The zero-order valence-corrected chi connectivity index (χ0v) is 14.4. The fourth-order valence-corrected chi connectivity index (χ4v) is 4.78. The van der Waals surface area contributed by atoms with Gasteiger partial charge in [-0.15, -0.1) is 0 Å². The quantitative estimate of drug-likeness (QED) is 0.910. The number of benzene rings is 1. The van der Waals surface area contributed by atoms with Crippen molar-refractivity contribution in [3.63, 3.8) is 0 Å². The minimum atomic E-state index is -0.603. The van der Waals surface area contributed by atoms with Crippen molar-refractivity contribution in [1.82, 2.24) is 14.5 Å². The lowest BCUT2D eigenvalue weighted by Crippen LogP contribution is -2.42. The van der Waals surface area contributed by atoms with E-state index in [1.807, 2.05) is 18.6 Å². The fraction of sp³-hybridized carbons (Fsp3) is 0.500. The van der Waals surface area contributed by atoms with Crippen molar-refractivity contribution >= 4 is 5.97 Å². The second kappa shape index (κ2) is 6.64. The highest BCUT2D eigenvalue weighted by molar-refractivity contribution is 5.76. The summed E-state index contributed by atoms with van der Waals surface area (Å²) >= 11 is 0. The number of nitrogens with zero attached hydrogens (tertiary/aromatic N) is 3. The van der Waals surface area contributed by atoms with Gasteiger partial charge in [-0.05, 0) is 36.7 Å². The number of rotatable bonds is 5. The molecule has 2 aliphatic rings. The molecule has 1 saturated heterocycles. The van der Waals surface area contributed by atoms with Crippen LogP contribution in [0.2, 0.25) is 0 Å². The highest BCUT2D eigenvalue weighted by Crippen LogP contribution is 2.51. The topological polar surface area (TPSA) is 58.4 Å². The van der Waals surface area contributed by atoms with E-state index < -0.39 is 11.4 Å². The second-order valence-corrected chi connectivity index (χ2v) is 7.58. The summed E-state index contributed by atoms with van der Waals surface area (Å²) < 4.78 is 2.06. The third-order valence-electron chi connectivity index (χ3n) is 6.20. The molecule has 2 aromatic rings. The third-order valence-corrected chi connectivity index (χ3v) is 6.20. The van der Waals surface area contributed by atoms with Crippen LogP contribution in [-0.2, 0) is 11.3 Å². The molecule has 1 aromatic heterocycles. The van der Waals surface area contributed by atoms with Crippen molar-refractivity contribution in [3.05, 3.63) is 54.6 Å². The highest BCUT2D eigenvalue weighted by atomic mass is 16.4. The van der Waals surface area contributed by atoms with Crippen molar-refractivity contribution in [1.29, 1.82) is 0 Å². The lowest BCUT2D eigenvalue weighted by Gasteiger charge is -2.38. The third kappa shape index (κ3) is 3.09. The number of fused-ring (bicyclic) bond motifs is 1. The number of hydrogen-bond donors (Lipinski definition) is 1. The Morgan fingerprint density at radius 2 is 2.12 bits per heavy atom. The largest absolute Gasteiger partial charge is 0.481 e. The monoisotopic (exact) mass is 339 g/mol. The van der Waals surface area contributed by atoms with E-state index >= 15 is 0 Å². The van der Waals surface area contributed by atoms with Gasteiger partial charge in [-0.1, -0.05) is 30.3 Å². The van der Waals surface area contributed by atoms with Crippen LogP contribution in [0.15, 0.2) is 49.1 Å². The Bertz CT molecular complexity index is 716. The van der Waals surface area contributed by atoms with Crippen LogP contribution in [0.3, 0.4) is 0 Å². The van der Waals surface area contributed by atoms with Gasteiger partial charge in [0.25, 0.3) is 0 Å². The molecule has 1 saturated carbocycles. The van der Waals surface area contributed by atoms with E-state index in [0.29, 0.717) is 12.5 Å². The molecule has 0 spiro atoms. The number of carboxylic acids is 1. The second-order valence-electron chi connectivity index (χ2n) is 7.58. The van der Waals surface area contributed by atoms with Crippen molar-refractivity contribution < 1.29 is 9.90 Å². The molecule has 1 aliphatic carbocycles. The van der Waals surface area contributed by atoms with Crippen LogP contribution in [0.4, 0.5) is 0 Å². The zero-order chi connectivity index (χ0) is 17.3. The van der Waals surface area contributed by atoms with Gasteiger partial charge in [0.2, 0.25) is 0 Å². The normalized spacial score (nSPS) is 29.4. The number of aliphatic carboxylic acids is 1. The number of carbonyl (C=O) groups is 1. The van der Waals surface area contributed by atoms with Gasteiger partial charge in [0.1, 0.15) is 0 Å². The van der Waals surface area contributed by atoms with E-state index in [4.69, 9.17) is 0 Å². The summed E-state index contributed by atoms with van der Waals surface area (Å²) in [7, 11) is 0. The maximum Gasteiger partial charge on any atom is 0.311 e. The summed E-state index contributed by atoms with van der Waals surface area (Å²) in [6.07, 6.45) is 8.31. The summed E-state index contributed by atoms with van der Waals surface area (Å²) in [6.45, 7) is 3.33. The van der Waals surface area contributed by atoms with Crippen LogP contribution < -0.4 is 0 Å². The van der Waals surface area contributed by atoms with Gasteiger partial charge in [0, 0.05) is 38.6 Å². The van der Waals surface area contributed by atoms with Gasteiger partial charge in [-0.2, -0.15) is 0 Å². The van der Waals surface area contributed by atoms with E-state index in [9.17, 15) is 9.90 Å². The van der Waals surface area contributed by atoms with Crippen molar-refractivity contribution in [2.75, 3.05) is 19.6 Å². The number of carboxylic acid groups (broad SMARTS) is 1. The Labute approximate surface area is 148 Å². The Morgan fingerprint density at radius 1 is 1.28 bits per heavy atom. The Hall–Kier alpha value is -2.14. The van der Waals surface area contributed by atoms with Crippen molar-refractivity contribution in [2.45, 2.75) is 31.7 Å². The van der Waals surface area contributed by atoms with E-state index in [0.717, 1.165) is 38.9 Å². The van der Waals surface area contributed by atoms with Crippen LogP contribution in [-0.4, -0.2) is 45.2 Å². The minimum absolute atomic E-state index is 0.242. The molecule has 2 fully saturated rings. The molecule has 2 heterocycles. The minimum Gasteiger partial charge on any atom is -0.481 e. The molecular weight excluding hydrogens is 314 g/mol. The summed E-state index contributed by atoms with van der Waals surface area (Å²) in [4.78, 5) is 18.6. The molecule has 25 heavy (non-hydrogen) atoms. The SMILES string of the molecule is O=C(O)[C@]12CC[C@H](c3ccccc3)C[C@H]1CN(CCn1ccnc1)C2. The molecule has 3 atom stereocenters. The number of imidazole rings is 1. The first kappa shape index (κ1) is 16.3. The summed E-state index contributed by atoms with van der Waals surface area (Å²) in [6, 6.07) is 10.6. The maximum absolute atomic E-state index is 12.1. The molecule has 1 aliphatic heterocycles. The predicted octanol–water partition coefficient (Wildman–Crippen LogP) is 2.85. The lowest BCUT2D eigenvalue weighted by atomic mass is 9.64. The van der Waals surface area contributed by atoms with Gasteiger partial charge in [-0.3, -0.25) is 4.79 Å². The molecule has 132 valence electrons. The van der Waals surface area contributed by atoms with Crippen molar-refractivity contribution in [3.8, 4) is 0 Å². The molecule has 5 heteroatoms. The number of aromatic nitrogens is 2. The average molecular weight is 339 g/mol. The average Bonchev–Trinajstić information content (AvgIpc) is 3.28. The molecule has 1 aromatic carbocycles. The van der Waals surface area contributed by atoms with E-state index in [2.05, 4.69) is 38.7 Å². The molecule has 1 N–H and O–H groups in total. The van der Waals surface area contributed by atoms with E-state index in [-0.39, 0.29) is 5.92 Å². The smallest absolute Gasteiger partial charge is 0.311 e. The van der Waals surface area contributed by atoms with Crippen LogP contribution in [0.1, 0.15) is 30.7 Å². The van der Waals surface area contributed by atoms with E-state index in [1.54, 1.807) is 6.20 Å². The van der Waals surface area contributed by atoms with Crippen LogP contribution >= 0.6 is 0 Å². The summed E-state index contributed by atoms with van der Waals surface area (Å²) in [5.41, 5.74) is 0.804. The summed E-state index contributed by atoms with van der Waals surface area (Å²) in [5, 5.41) is 9.98. The van der Waals surface area contributed by atoms with Crippen LogP contribution in [0.5, 0.6) is 0 Å². The van der Waals surface area contributed by atoms with Crippen molar-refractivity contribution in [2.24, 2.45) is 11.3 Å². The lowest BCUT2D eigenvalue weighted by molar-refractivity contribution is -0.152. The molecule has 0 amide bonds. The predicted molar refractivity (Wildman–Crippen MR) is 95.3 cm³/mol. The molecule has 0 unspecified atom stereocenters. The first-order valence-electron chi connectivity index (χ1n) is 9.14. The first-order valence-corrected chi connectivity index (χ1v) is 9.14. The number of likely N-dealkylation sites (tertiary alicyclic amines) is 1. The molecule has 4 rings (SSSR count). The molecule has 0 bridgehead atoms. The van der Waals surface area contributed by atoms with Gasteiger partial charge in [-0.25, -0.2) is 4.98 Å². The Morgan fingerprint density at radius 3 is 2.84 bits per heavy atom. The standard InChI is InChI=1S/C20H25N3O2/c24-19(25)20-7-6-17(16-4-2-1-3-5-16)12-18(20)13-23(14-20)11-10-22-9-8-21-15-22/h1-5,8-9,15,17-18H,6-7,10-14H2,(H,24,25)/t17-,18-,20-/m0/s1. The van der Waals surface area contributed by atoms with Crippen LogP contribution in [0, 0.1) is 11.3 Å². The van der Waals surface area contributed by atoms with Crippen LogP contribution in [0.25, 0.3) is 0 Å². The fourth-order valence-electron chi connectivity index (χ4n) is 4.78. The molecule has 0 radical (unpaired) electrons. The Balaban J connectivity index is 1.47. The first-order chi connectivity index (χ1) is 12.2. The zero-order valence-electron chi connectivity index (χ0n) is 14.4. The van der Waals surface area contributed by atoms with E-state index in [1.165, 1.54) is 5.56 Å². The molecule has 5 nitrogen and oxygen atoms in total. The molecular formula is C20H25N3O2. The highest BCUT2D eigenvalue weighted by Gasteiger charge is 2.54. The van der Waals surface area contributed by atoms with Gasteiger partial charge < -0.3 is 14.6 Å². The van der Waals surface area contributed by atoms with Gasteiger partial charge >= 0.3 is 5.97 Å². The van der Waals surface area contributed by atoms with Gasteiger partial charge in [0.05, 0.1) is 11.7 Å². The maximum atomic E-state index is 12.1. The number of hydrogen-bond acceptors (Lipinski definition) is 3.